The molecule has 0 saturated heterocycles. The highest BCUT2D eigenvalue weighted by Crippen LogP contribution is 2.27. The van der Waals surface area contributed by atoms with Crippen LogP contribution in [0.25, 0.3) is 11.0 Å². The van der Waals surface area contributed by atoms with E-state index < -0.39 is 0 Å². The molecule has 0 N–H and O–H groups in total. The molecule has 0 fully saturated rings. The lowest BCUT2D eigenvalue weighted by Gasteiger charge is -2.08. The van der Waals surface area contributed by atoms with Gasteiger partial charge >= 0.3 is 5.63 Å². The van der Waals surface area contributed by atoms with Gasteiger partial charge in [0.05, 0.1) is 13.7 Å². The van der Waals surface area contributed by atoms with Crippen molar-refractivity contribution in [3.8, 4) is 5.75 Å². The van der Waals surface area contributed by atoms with Crippen LogP contribution in [0.15, 0.2) is 45.0 Å². The third kappa shape index (κ3) is 3.60. The Morgan fingerprint density at radius 1 is 1.29 bits per heavy atom. The van der Waals surface area contributed by atoms with Gasteiger partial charge in [0.15, 0.2) is 5.16 Å². The summed E-state index contributed by atoms with van der Waals surface area (Å²) in [5, 5.41) is 9.70. The minimum absolute atomic E-state index is 0.382. The Morgan fingerprint density at radius 3 is 2.96 bits per heavy atom. The van der Waals surface area contributed by atoms with E-state index in [4.69, 9.17) is 13.9 Å². The summed E-state index contributed by atoms with van der Waals surface area (Å²) in [5.41, 5.74) is 1.01. The number of aromatic nitrogens is 3. The average molecular weight is 347 g/mol. The first kappa shape index (κ1) is 16.5. The summed E-state index contributed by atoms with van der Waals surface area (Å²) in [5.74, 6) is 1.23. The first-order valence-electron chi connectivity index (χ1n) is 7.31. The molecule has 7 nitrogen and oxygen atoms in total. The van der Waals surface area contributed by atoms with Crippen LogP contribution in [0.3, 0.4) is 0 Å². The Morgan fingerprint density at radius 2 is 2.17 bits per heavy atom. The standard InChI is InChI=1S/C16H17N3O4S/c1-21-6-5-19-10-17-18-16(19)24-9-11-7-15(20)23-14-8-12(22-2)3-4-13(11)14/h3-4,7-8,10H,5-6,9H2,1-2H3. The maximum Gasteiger partial charge on any atom is 0.336 e. The van der Waals surface area contributed by atoms with E-state index in [0.717, 1.165) is 16.1 Å². The summed E-state index contributed by atoms with van der Waals surface area (Å²) >= 11 is 1.51. The Kier molecular flexibility index (Phi) is 5.17. The molecule has 0 spiro atoms. The third-order valence-corrected chi connectivity index (χ3v) is 4.54. The monoisotopic (exact) mass is 347 g/mol. The number of thioether (sulfide) groups is 1. The third-order valence-electron chi connectivity index (χ3n) is 3.51. The smallest absolute Gasteiger partial charge is 0.336 e. The SMILES string of the molecule is COCCn1cnnc1SCc1cc(=O)oc2cc(OC)ccc12. The van der Waals surface area contributed by atoms with E-state index in [-0.39, 0.29) is 5.63 Å². The minimum Gasteiger partial charge on any atom is -0.497 e. The lowest BCUT2D eigenvalue weighted by molar-refractivity contribution is 0.184. The fourth-order valence-corrected chi connectivity index (χ4v) is 3.23. The number of benzene rings is 1. The highest BCUT2D eigenvalue weighted by Gasteiger charge is 2.10. The molecule has 0 atom stereocenters. The van der Waals surface area contributed by atoms with Gasteiger partial charge in [-0.2, -0.15) is 0 Å². The van der Waals surface area contributed by atoms with Gasteiger partial charge in [-0.05, 0) is 17.7 Å². The highest BCUT2D eigenvalue weighted by atomic mass is 32.2. The summed E-state index contributed by atoms with van der Waals surface area (Å²) in [6.45, 7) is 1.27. The molecule has 0 radical (unpaired) electrons. The van der Waals surface area contributed by atoms with Crippen molar-refractivity contribution in [1.82, 2.24) is 14.8 Å². The van der Waals surface area contributed by atoms with Crippen LogP contribution in [-0.4, -0.2) is 35.6 Å². The number of hydrogen-bond donors (Lipinski definition) is 0. The highest BCUT2D eigenvalue weighted by molar-refractivity contribution is 7.98. The molecule has 0 bridgehead atoms. The molecule has 0 aliphatic rings. The van der Waals surface area contributed by atoms with E-state index in [1.807, 2.05) is 16.7 Å². The van der Waals surface area contributed by atoms with Gasteiger partial charge in [-0.3, -0.25) is 0 Å². The molecule has 0 unspecified atom stereocenters. The van der Waals surface area contributed by atoms with E-state index in [9.17, 15) is 4.79 Å². The van der Waals surface area contributed by atoms with Crippen LogP contribution in [0.1, 0.15) is 5.56 Å². The summed E-state index contributed by atoms with van der Waals surface area (Å²) in [6.07, 6.45) is 1.67. The van der Waals surface area contributed by atoms with E-state index >= 15 is 0 Å². The van der Waals surface area contributed by atoms with Crippen molar-refractivity contribution in [3.63, 3.8) is 0 Å². The fraction of sp³-hybridized carbons (Fsp3) is 0.312. The first-order valence-corrected chi connectivity index (χ1v) is 8.30. The minimum atomic E-state index is -0.382. The Hall–Kier alpha value is -2.32. The summed E-state index contributed by atoms with van der Waals surface area (Å²) in [6, 6.07) is 6.96. The molecular formula is C16H17N3O4S. The summed E-state index contributed by atoms with van der Waals surface area (Å²) < 4.78 is 17.4. The van der Waals surface area contributed by atoms with E-state index in [1.165, 1.54) is 17.8 Å². The number of nitrogens with zero attached hydrogens (tertiary/aromatic N) is 3. The van der Waals surface area contributed by atoms with Crippen molar-refractivity contribution < 1.29 is 13.9 Å². The zero-order chi connectivity index (χ0) is 16.9. The summed E-state index contributed by atoms with van der Waals surface area (Å²) in [7, 11) is 3.23. The number of fused-ring (bicyclic) bond motifs is 1. The van der Waals surface area contributed by atoms with Crippen LogP contribution in [-0.2, 0) is 17.0 Å². The van der Waals surface area contributed by atoms with Crippen molar-refractivity contribution in [1.29, 1.82) is 0 Å². The van der Waals surface area contributed by atoms with Gasteiger partial charge in [0.25, 0.3) is 0 Å². The molecule has 3 aromatic rings. The van der Waals surface area contributed by atoms with E-state index in [0.29, 0.717) is 30.2 Å². The molecule has 2 heterocycles. The van der Waals surface area contributed by atoms with E-state index in [1.54, 1.807) is 26.6 Å². The fourth-order valence-electron chi connectivity index (χ4n) is 2.30. The largest absolute Gasteiger partial charge is 0.497 e. The maximum atomic E-state index is 11.8. The second-order valence-corrected chi connectivity index (χ2v) is 5.98. The van der Waals surface area contributed by atoms with Gasteiger partial charge in [-0.1, -0.05) is 11.8 Å². The molecule has 0 aliphatic carbocycles. The van der Waals surface area contributed by atoms with E-state index in [2.05, 4.69) is 10.2 Å². The number of hydrogen-bond acceptors (Lipinski definition) is 7. The van der Waals surface area contributed by atoms with Gasteiger partial charge in [-0.25, -0.2) is 4.79 Å². The van der Waals surface area contributed by atoms with Crippen LogP contribution in [0.2, 0.25) is 0 Å². The number of rotatable bonds is 7. The van der Waals surface area contributed by atoms with Crippen LogP contribution in [0.5, 0.6) is 5.75 Å². The van der Waals surface area contributed by atoms with Crippen LogP contribution < -0.4 is 10.4 Å². The molecule has 24 heavy (non-hydrogen) atoms. The van der Waals surface area contributed by atoms with Gasteiger partial charge in [0.1, 0.15) is 17.7 Å². The zero-order valence-electron chi connectivity index (χ0n) is 13.4. The Labute approximate surface area is 142 Å². The van der Waals surface area contributed by atoms with Crippen molar-refractivity contribution in [2.75, 3.05) is 20.8 Å². The number of methoxy groups -OCH3 is 2. The normalized spacial score (nSPS) is 11.1. The second-order valence-electron chi connectivity index (χ2n) is 5.04. The molecule has 2 aromatic heterocycles. The summed E-state index contributed by atoms with van der Waals surface area (Å²) in [4.78, 5) is 11.8. The van der Waals surface area contributed by atoms with Crippen molar-refractivity contribution in [3.05, 3.63) is 46.6 Å². The second kappa shape index (κ2) is 7.50. The molecule has 1 aromatic carbocycles. The average Bonchev–Trinajstić information content (AvgIpc) is 3.04. The maximum absolute atomic E-state index is 11.8. The molecule has 0 amide bonds. The lowest BCUT2D eigenvalue weighted by atomic mass is 10.1. The van der Waals surface area contributed by atoms with Crippen molar-refractivity contribution in [2.45, 2.75) is 17.5 Å². The molecule has 8 heteroatoms. The zero-order valence-corrected chi connectivity index (χ0v) is 14.2. The van der Waals surface area contributed by atoms with Gasteiger partial charge in [-0.15, -0.1) is 10.2 Å². The molecule has 3 rings (SSSR count). The lowest BCUT2D eigenvalue weighted by Crippen LogP contribution is -2.05. The van der Waals surface area contributed by atoms with Gasteiger partial charge in [0, 0.05) is 36.9 Å². The predicted octanol–water partition coefficient (Wildman–Crippen LogP) is 2.33. The van der Waals surface area contributed by atoms with Gasteiger partial charge in [0.2, 0.25) is 0 Å². The van der Waals surface area contributed by atoms with Crippen LogP contribution in [0, 0.1) is 0 Å². The quantitative estimate of drug-likeness (QED) is 0.479. The van der Waals surface area contributed by atoms with Crippen LogP contribution in [0.4, 0.5) is 0 Å². The molecule has 126 valence electrons. The molecular weight excluding hydrogens is 330 g/mol. The molecule has 0 aliphatic heterocycles. The topological polar surface area (TPSA) is 79.4 Å². The number of ether oxygens (including phenoxy) is 2. The van der Waals surface area contributed by atoms with Crippen molar-refractivity contribution >= 4 is 22.7 Å². The Balaban J connectivity index is 1.85. The van der Waals surface area contributed by atoms with Crippen molar-refractivity contribution in [2.24, 2.45) is 0 Å². The predicted molar refractivity (Wildman–Crippen MR) is 90.5 cm³/mol. The Bertz CT molecular complexity index is 890. The molecule has 0 saturated carbocycles. The first-order chi connectivity index (χ1) is 11.7. The van der Waals surface area contributed by atoms with Gasteiger partial charge < -0.3 is 18.5 Å². The van der Waals surface area contributed by atoms with Crippen LogP contribution >= 0.6 is 11.8 Å².